The van der Waals surface area contributed by atoms with E-state index in [1.54, 1.807) is 37.3 Å². The summed E-state index contributed by atoms with van der Waals surface area (Å²) >= 11 is 0. The molecule has 3 aliphatic carbocycles. The summed E-state index contributed by atoms with van der Waals surface area (Å²) in [5.74, 6) is -2.00. The number of hydrogen-bond donors (Lipinski definition) is 5. The van der Waals surface area contributed by atoms with E-state index in [2.05, 4.69) is 0 Å². The fourth-order valence-electron chi connectivity index (χ4n) is 6.19. The van der Waals surface area contributed by atoms with Crippen molar-refractivity contribution in [1.82, 2.24) is 0 Å². The number of esters is 2. The largest absolute Gasteiger partial charge is 0.461 e. The Morgan fingerprint density at radius 1 is 1.09 bits per heavy atom. The topological polar surface area (TPSA) is 172 Å². The van der Waals surface area contributed by atoms with E-state index in [1.807, 2.05) is 0 Å². The van der Waals surface area contributed by atoms with E-state index in [4.69, 9.17) is 18.9 Å². The Balaban J connectivity index is 1.46. The quantitative estimate of drug-likeness (QED) is 0.300. The monoisotopic (exact) mass is 480 g/mol. The Bertz CT molecular complexity index is 969. The Morgan fingerprint density at radius 3 is 2.47 bits per heavy atom. The van der Waals surface area contributed by atoms with E-state index < -0.39 is 84.5 Å². The van der Waals surface area contributed by atoms with Gasteiger partial charge in [0, 0.05) is 12.3 Å². The van der Waals surface area contributed by atoms with E-state index in [-0.39, 0.29) is 18.4 Å². The molecule has 1 aromatic rings. The van der Waals surface area contributed by atoms with E-state index in [0.717, 1.165) is 0 Å². The maximum absolute atomic E-state index is 13.2. The number of aliphatic hydroxyl groups is 5. The number of benzene rings is 1. The fourth-order valence-corrected chi connectivity index (χ4v) is 6.19. The van der Waals surface area contributed by atoms with Crippen LogP contribution in [-0.4, -0.2) is 98.7 Å². The number of carbonyl (C=O) groups is 2. The van der Waals surface area contributed by atoms with Crippen LogP contribution >= 0.6 is 0 Å². The van der Waals surface area contributed by atoms with Crippen LogP contribution in [0.5, 0.6) is 0 Å². The normalized spacial score (nSPS) is 47.0. The number of ether oxygens (including phenoxy) is 4. The lowest BCUT2D eigenvalue weighted by atomic mass is 9.40. The first-order chi connectivity index (χ1) is 16.1. The lowest BCUT2D eigenvalue weighted by Crippen LogP contribution is -2.80. The van der Waals surface area contributed by atoms with Crippen LogP contribution in [0.3, 0.4) is 0 Å². The number of carbonyl (C=O) groups excluding carboxylic acids is 2. The van der Waals surface area contributed by atoms with Crippen LogP contribution in [-0.2, 0) is 23.7 Å². The van der Waals surface area contributed by atoms with Crippen molar-refractivity contribution in [3.05, 3.63) is 35.9 Å². The van der Waals surface area contributed by atoms with E-state index >= 15 is 0 Å². The molecule has 2 saturated heterocycles. The highest BCUT2D eigenvalue weighted by Crippen LogP contribution is 2.73. The highest BCUT2D eigenvalue weighted by atomic mass is 16.7. The fraction of sp³-hybridized carbons (Fsp3) is 0.652. The summed E-state index contributed by atoms with van der Waals surface area (Å²) in [5, 5.41) is 51.0. The molecule has 186 valence electrons. The van der Waals surface area contributed by atoms with Gasteiger partial charge in [0.05, 0.1) is 18.3 Å². The van der Waals surface area contributed by atoms with Gasteiger partial charge in [-0.2, -0.15) is 0 Å². The third-order valence-corrected chi connectivity index (χ3v) is 8.07. The molecule has 3 unspecified atom stereocenters. The predicted octanol–water partition coefficient (Wildman–Crippen LogP) is -1.51. The molecule has 5 N–H and O–H groups in total. The molecule has 0 radical (unpaired) electrons. The van der Waals surface area contributed by atoms with Crippen molar-refractivity contribution in [2.24, 2.45) is 11.3 Å². The molecule has 0 spiro atoms. The van der Waals surface area contributed by atoms with E-state index in [1.165, 1.54) is 0 Å². The Labute approximate surface area is 194 Å². The second-order valence-corrected chi connectivity index (χ2v) is 9.76. The molecule has 2 aliphatic heterocycles. The Morgan fingerprint density at radius 2 is 1.79 bits per heavy atom. The SMILES string of the molecule is CC12C[C@@H](O)C3C[C@@]1(O[C@@H]1O[C@H](CO)[C@@H](O)[C@H](O)[C@H]1O)C3(COC(=O)c1ccccc1)C(=O)O2. The molecular formula is C23H28O11. The summed E-state index contributed by atoms with van der Waals surface area (Å²) in [4.78, 5) is 25.9. The zero-order valence-corrected chi connectivity index (χ0v) is 18.4. The number of fused-ring (bicyclic) bond motifs is 1. The van der Waals surface area contributed by atoms with E-state index in [9.17, 15) is 35.1 Å². The van der Waals surface area contributed by atoms with Crippen molar-refractivity contribution in [3.8, 4) is 0 Å². The van der Waals surface area contributed by atoms with Gasteiger partial charge < -0.3 is 44.5 Å². The highest BCUT2D eigenvalue weighted by molar-refractivity contribution is 5.90. The van der Waals surface area contributed by atoms with Gasteiger partial charge in [-0.05, 0) is 25.5 Å². The van der Waals surface area contributed by atoms with Crippen molar-refractivity contribution in [2.75, 3.05) is 13.2 Å². The molecule has 1 aromatic carbocycles. The molecule has 11 heteroatoms. The smallest absolute Gasteiger partial charge is 0.338 e. The average molecular weight is 480 g/mol. The summed E-state index contributed by atoms with van der Waals surface area (Å²) in [5.41, 5.74) is -4.08. The lowest BCUT2D eigenvalue weighted by molar-refractivity contribution is -0.394. The Kier molecular flexibility index (Phi) is 5.52. The second-order valence-electron chi connectivity index (χ2n) is 9.76. The van der Waals surface area contributed by atoms with Gasteiger partial charge in [0.25, 0.3) is 0 Å². The number of rotatable bonds is 6. The first kappa shape index (κ1) is 23.6. The van der Waals surface area contributed by atoms with Crippen LogP contribution in [0.15, 0.2) is 30.3 Å². The van der Waals surface area contributed by atoms with Crippen LogP contribution in [0.4, 0.5) is 0 Å². The van der Waals surface area contributed by atoms with Gasteiger partial charge in [0.15, 0.2) is 6.29 Å². The van der Waals surface area contributed by atoms with Gasteiger partial charge in [-0.25, -0.2) is 4.79 Å². The summed E-state index contributed by atoms with van der Waals surface area (Å²) < 4.78 is 22.9. The molecule has 34 heavy (non-hydrogen) atoms. The molecule has 10 atom stereocenters. The number of hydrogen-bond acceptors (Lipinski definition) is 11. The van der Waals surface area contributed by atoms with Gasteiger partial charge in [-0.15, -0.1) is 0 Å². The highest BCUT2D eigenvalue weighted by Gasteiger charge is 2.88. The molecular weight excluding hydrogens is 452 g/mol. The predicted molar refractivity (Wildman–Crippen MR) is 110 cm³/mol. The number of aliphatic hydroxyl groups excluding tert-OH is 5. The van der Waals surface area contributed by atoms with Gasteiger partial charge in [0.1, 0.15) is 47.6 Å². The third kappa shape index (κ3) is 2.95. The summed E-state index contributed by atoms with van der Waals surface area (Å²) in [6, 6.07) is 8.20. The maximum atomic E-state index is 13.2. The summed E-state index contributed by atoms with van der Waals surface area (Å²) in [7, 11) is 0. The molecule has 0 amide bonds. The van der Waals surface area contributed by atoms with Crippen LogP contribution in [0.2, 0.25) is 0 Å². The molecule has 11 nitrogen and oxygen atoms in total. The minimum atomic E-state index is -1.69. The van der Waals surface area contributed by atoms with Crippen molar-refractivity contribution in [2.45, 2.75) is 67.8 Å². The van der Waals surface area contributed by atoms with Gasteiger partial charge in [0.2, 0.25) is 0 Å². The second kappa shape index (κ2) is 7.95. The van der Waals surface area contributed by atoms with Crippen LogP contribution in [0.1, 0.15) is 30.1 Å². The third-order valence-electron chi connectivity index (χ3n) is 8.07. The Hall–Kier alpha value is -2.12. The van der Waals surface area contributed by atoms with Crippen LogP contribution in [0.25, 0.3) is 0 Å². The first-order valence-electron chi connectivity index (χ1n) is 11.2. The molecule has 3 saturated carbocycles. The van der Waals surface area contributed by atoms with Crippen molar-refractivity contribution in [1.29, 1.82) is 0 Å². The standard InChI is InChI=1S/C23H28O11/c1-21-8-13(25)12-7-23(21,33-19-17(28)16(27)15(26)14(9-24)32-19)22(12,20(30)34-21)10-31-18(29)11-5-3-2-4-6-11/h2-6,12-17,19,24-28H,7-10H2,1H3/t12?,13-,14-,15-,16+,17-,19+,21?,22?,23+/m1/s1. The molecule has 5 fully saturated rings. The van der Waals surface area contributed by atoms with Gasteiger partial charge in [-0.1, -0.05) is 18.2 Å². The van der Waals surface area contributed by atoms with Crippen molar-refractivity contribution >= 4 is 11.9 Å². The average Bonchev–Trinajstić information content (AvgIpc) is 2.88. The zero-order valence-electron chi connectivity index (χ0n) is 18.4. The molecule has 5 aliphatic rings. The lowest BCUT2D eigenvalue weighted by Gasteiger charge is -2.66. The van der Waals surface area contributed by atoms with Crippen molar-refractivity contribution in [3.63, 3.8) is 0 Å². The molecule has 2 heterocycles. The van der Waals surface area contributed by atoms with Crippen molar-refractivity contribution < 1.29 is 54.1 Å². The maximum Gasteiger partial charge on any atom is 0.338 e. The molecule has 4 bridgehead atoms. The van der Waals surface area contributed by atoms with E-state index in [0.29, 0.717) is 0 Å². The van der Waals surface area contributed by atoms with Gasteiger partial charge in [-0.3, -0.25) is 4.79 Å². The van der Waals surface area contributed by atoms with Crippen LogP contribution < -0.4 is 0 Å². The first-order valence-corrected chi connectivity index (χ1v) is 11.2. The summed E-state index contributed by atoms with van der Waals surface area (Å²) in [6.07, 6.45) is -8.41. The summed E-state index contributed by atoms with van der Waals surface area (Å²) in [6.45, 7) is 0.508. The molecule has 0 aromatic heterocycles. The minimum Gasteiger partial charge on any atom is -0.461 e. The van der Waals surface area contributed by atoms with Gasteiger partial charge >= 0.3 is 11.9 Å². The molecule has 6 rings (SSSR count). The minimum absolute atomic E-state index is 0.0508. The van der Waals surface area contributed by atoms with Crippen LogP contribution in [0, 0.1) is 11.3 Å². The zero-order chi connectivity index (χ0) is 24.5.